The first kappa shape index (κ1) is 15.7. The first-order valence-electron chi connectivity index (χ1n) is 7.48. The third kappa shape index (κ3) is 3.60. The van der Waals surface area contributed by atoms with Crippen molar-refractivity contribution in [1.82, 2.24) is 9.71 Å². The van der Waals surface area contributed by atoms with E-state index < -0.39 is 10.0 Å². The van der Waals surface area contributed by atoms with Gasteiger partial charge in [-0.15, -0.1) is 0 Å². The monoisotopic (exact) mass is 330 g/mol. The van der Waals surface area contributed by atoms with Gasteiger partial charge in [-0.25, -0.2) is 18.1 Å². The van der Waals surface area contributed by atoms with E-state index >= 15 is 0 Å². The summed E-state index contributed by atoms with van der Waals surface area (Å²) < 4.78 is 25.4. The highest BCUT2D eigenvalue weighted by Gasteiger charge is 2.23. The minimum absolute atomic E-state index is 0.0233. The number of para-hydroxylation sites is 1. The van der Waals surface area contributed by atoms with Gasteiger partial charge in [-0.3, -0.25) is 0 Å². The summed E-state index contributed by atoms with van der Waals surface area (Å²) >= 11 is 0. The van der Waals surface area contributed by atoms with Crippen LogP contribution in [0.2, 0.25) is 0 Å². The number of pyridine rings is 1. The van der Waals surface area contributed by atoms with Gasteiger partial charge < -0.3 is 4.90 Å². The topological polar surface area (TPSA) is 86.1 Å². The van der Waals surface area contributed by atoms with E-state index in [2.05, 4.69) is 20.7 Å². The lowest BCUT2D eigenvalue weighted by Gasteiger charge is -2.34. The van der Waals surface area contributed by atoms with Gasteiger partial charge in [0.1, 0.15) is 11.8 Å². The predicted octanol–water partition coefficient (Wildman–Crippen LogP) is 1.62. The Hall–Kier alpha value is -2.17. The van der Waals surface area contributed by atoms with Crippen LogP contribution in [0.3, 0.4) is 0 Å². The summed E-state index contributed by atoms with van der Waals surface area (Å²) in [5, 5.41) is 10.2. The molecule has 0 atom stereocenters. The SMILES string of the molecule is CS(=O)(=O)NC1CCN(c2cc(C#N)nc3ccccc23)CC1. The van der Waals surface area contributed by atoms with Crippen molar-refractivity contribution in [2.24, 2.45) is 0 Å². The maximum atomic E-state index is 11.3. The van der Waals surface area contributed by atoms with Crippen molar-refractivity contribution in [2.45, 2.75) is 18.9 Å². The van der Waals surface area contributed by atoms with Crippen LogP contribution >= 0.6 is 0 Å². The molecule has 1 N–H and O–H groups in total. The molecule has 1 saturated heterocycles. The van der Waals surface area contributed by atoms with Crippen molar-refractivity contribution in [3.63, 3.8) is 0 Å². The van der Waals surface area contributed by atoms with Gasteiger partial charge in [0.05, 0.1) is 11.8 Å². The first-order valence-corrected chi connectivity index (χ1v) is 9.37. The average Bonchev–Trinajstić information content (AvgIpc) is 2.53. The lowest BCUT2D eigenvalue weighted by molar-refractivity contribution is 0.462. The number of rotatable bonds is 3. The number of benzene rings is 1. The quantitative estimate of drug-likeness (QED) is 0.924. The Bertz CT molecular complexity index is 865. The van der Waals surface area contributed by atoms with Crippen LogP contribution in [0.15, 0.2) is 30.3 Å². The summed E-state index contributed by atoms with van der Waals surface area (Å²) in [5.41, 5.74) is 2.19. The fourth-order valence-electron chi connectivity index (χ4n) is 3.02. The van der Waals surface area contributed by atoms with Gasteiger partial charge in [-0.2, -0.15) is 5.26 Å². The van der Waals surface area contributed by atoms with E-state index in [9.17, 15) is 13.7 Å². The Labute approximate surface area is 135 Å². The van der Waals surface area contributed by atoms with Crippen molar-refractivity contribution in [3.8, 4) is 6.07 Å². The minimum atomic E-state index is -3.17. The number of piperidine rings is 1. The average molecular weight is 330 g/mol. The van der Waals surface area contributed by atoms with Crippen LogP contribution in [-0.2, 0) is 10.0 Å². The molecule has 2 heterocycles. The summed E-state index contributed by atoms with van der Waals surface area (Å²) in [7, 11) is -3.17. The molecule has 120 valence electrons. The third-order valence-electron chi connectivity index (χ3n) is 4.03. The zero-order valence-electron chi connectivity index (χ0n) is 12.9. The summed E-state index contributed by atoms with van der Waals surface area (Å²) in [4.78, 5) is 6.53. The highest BCUT2D eigenvalue weighted by molar-refractivity contribution is 7.88. The maximum Gasteiger partial charge on any atom is 0.208 e. The predicted molar refractivity (Wildman–Crippen MR) is 89.7 cm³/mol. The third-order valence-corrected chi connectivity index (χ3v) is 4.79. The normalized spacial score (nSPS) is 16.4. The van der Waals surface area contributed by atoms with Crippen LogP contribution in [-0.4, -0.2) is 38.8 Å². The van der Waals surface area contributed by atoms with Crippen molar-refractivity contribution >= 4 is 26.6 Å². The molecule has 1 aromatic heterocycles. The van der Waals surface area contributed by atoms with E-state index in [0.717, 1.165) is 42.5 Å². The van der Waals surface area contributed by atoms with Gasteiger partial charge in [-0.05, 0) is 25.0 Å². The van der Waals surface area contributed by atoms with Crippen molar-refractivity contribution in [2.75, 3.05) is 24.2 Å². The van der Waals surface area contributed by atoms with Gasteiger partial charge in [0.2, 0.25) is 10.0 Å². The molecular formula is C16H18N4O2S. The number of hydrogen-bond donors (Lipinski definition) is 1. The molecule has 0 spiro atoms. The highest BCUT2D eigenvalue weighted by atomic mass is 32.2. The molecule has 1 aliphatic rings. The standard InChI is InChI=1S/C16H18N4O2S/c1-23(21,22)19-12-6-8-20(9-7-12)16-10-13(11-17)18-15-5-3-2-4-14(15)16/h2-5,10,12,19H,6-9H2,1H3. The van der Waals surface area contributed by atoms with Gasteiger partial charge in [0.15, 0.2) is 0 Å². The molecule has 0 saturated carbocycles. The van der Waals surface area contributed by atoms with E-state index in [0.29, 0.717) is 5.69 Å². The number of fused-ring (bicyclic) bond motifs is 1. The summed E-state index contributed by atoms with van der Waals surface area (Å²) in [6.07, 6.45) is 2.67. The maximum absolute atomic E-state index is 11.3. The Kier molecular flexibility index (Phi) is 4.20. The molecule has 3 rings (SSSR count). The number of aromatic nitrogens is 1. The van der Waals surface area contributed by atoms with Gasteiger partial charge in [0, 0.05) is 30.2 Å². The number of nitriles is 1. The molecule has 0 radical (unpaired) electrons. The fraction of sp³-hybridized carbons (Fsp3) is 0.375. The summed E-state index contributed by atoms with van der Waals surface area (Å²) in [6.45, 7) is 1.48. The molecule has 1 aromatic carbocycles. The van der Waals surface area contributed by atoms with Crippen LogP contribution in [0.25, 0.3) is 10.9 Å². The Morgan fingerprint density at radius 3 is 2.65 bits per heavy atom. The van der Waals surface area contributed by atoms with E-state index in [1.54, 1.807) is 0 Å². The molecule has 1 fully saturated rings. The second-order valence-corrected chi connectivity index (χ2v) is 7.59. The molecular weight excluding hydrogens is 312 g/mol. The summed E-state index contributed by atoms with van der Waals surface area (Å²) in [6, 6.07) is 11.7. The second kappa shape index (κ2) is 6.14. The second-order valence-electron chi connectivity index (χ2n) is 5.81. The Morgan fingerprint density at radius 2 is 2.00 bits per heavy atom. The van der Waals surface area contributed by atoms with Crippen LogP contribution in [0.4, 0.5) is 5.69 Å². The molecule has 2 aromatic rings. The van der Waals surface area contributed by atoms with Crippen LogP contribution in [0.1, 0.15) is 18.5 Å². The van der Waals surface area contributed by atoms with Crippen LogP contribution in [0, 0.1) is 11.3 Å². The molecule has 23 heavy (non-hydrogen) atoms. The van der Waals surface area contributed by atoms with Crippen molar-refractivity contribution in [3.05, 3.63) is 36.0 Å². The first-order chi connectivity index (χ1) is 11.0. The van der Waals surface area contributed by atoms with Crippen molar-refractivity contribution < 1.29 is 8.42 Å². The number of nitrogens with zero attached hydrogens (tertiary/aromatic N) is 3. The van der Waals surface area contributed by atoms with Crippen molar-refractivity contribution in [1.29, 1.82) is 5.26 Å². The zero-order chi connectivity index (χ0) is 16.4. The van der Waals surface area contributed by atoms with Gasteiger partial charge >= 0.3 is 0 Å². The molecule has 1 aliphatic heterocycles. The van der Waals surface area contributed by atoms with Crippen LogP contribution < -0.4 is 9.62 Å². The molecule has 6 nitrogen and oxygen atoms in total. The van der Waals surface area contributed by atoms with E-state index in [-0.39, 0.29) is 6.04 Å². The van der Waals surface area contributed by atoms with Crippen LogP contribution in [0.5, 0.6) is 0 Å². The summed E-state index contributed by atoms with van der Waals surface area (Å²) in [5.74, 6) is 0. The van der Waals surface area contributed by atoms with E-state index in [1.165, 1.54) is 6.26 Å². The lowest BCUT2D eigenvalue weighted by atomic mass is 10.0. The minimum Gasteiger partial charge on any atom is -0.371 e. The highest BCUT2D eigenvalue weighted by Crippen LogP contribution is 2.29. The smallest absolute Gasteiger partial charge is 0.208 e. The Balaban J connectivity index is 1.86. The lowest BCUT2D eigenvalue weighted by Crippen LogP contribution is -2.44. The number of anilines is 1. The number of sulfonamides is 1. The number of hydrogen-bond acceptors (Lipinski definition) is 5. The fourth-order valence-corrected chi connectivity index (χ4v) is 3.86. The molecule has 7 heteroatoms. The molecule has 0 unspecified atom stereocenters. The van der Waals surface area contributed by atoms with Gasteiger partial charge in [-0.1, -0.05) is 18.2 Å². The molecule has 0 aliphatic carbocycles. The van der Waals surface area contributed by atoms with E-state index in [4.69, 9.17) is 0 Å². The largest absolute Gasteiger partial charge is 0.371 e. The molecule has 0 amide bonds. The Morgan fingerprint density at radius 1 is 1.30 bits per heavy atom. The molecule has 0 bridgehead atoms. The van der Waals surface area contributed by atoms with Gasteiger partial charge in [0.25, 0.3) is 0 Å². The zero-order valence-corrected chi connectivity index (χ0v) is 13.7. The van der Waals surface area contributed by atoms with E-state index in [1.807, 2.05) is 30.3 Å². The number of nitrogens with one attached hydrogen (secondary N) is 1.